The number of hydrogen-bond acceptors (Lipinski definition) is 3. The highest BCUT2D eigenvalue weighted by atomic mass is 19.1. The molecule has 0 aromatic heterocycles. The molecule has 0 radical (unpaired) electrons. The molecule has 126 valence electrons. The Morgan fingerprint density at radius 3 is 2.29 bits per heavy atom. The molecule has 0 bridgehead atoms. The Bertz CT molecular complexity index is 744. The highest BCUT2D eigenvalue weighted by Gasteiger charge is 2.24. The summed E-state index contributed by atoms with van der Waals surface area (Å²) in [5.41, 5.74) is -0.103. The van der Waals surface area contributed by atoms with E-state index in [0.29, 0.717) is 6.07 Å². The maximum Gasteiger partial charge on any atom is 0.328 e. The van der Waals surface area contributed by atoms with Gasteiger partial charge in [0.2, 0.25) is 0 Å². The molecular formula is C17H14F3NO3. The molecule has 1 atom stereocenters. The number of esters is 1. The van der Waals surface area contributed by atoms with Gasteiger partial charge < -0.3 is 10.1 Å². The third kappa shape index (κ3) is 4.34. The Morgan fingerprint density at radius 1 is 1.08 bits per heavy atom. The second kappa shape index (κ2) is 7.63. The van der Waals surface area contributed by atoms with Crippen LogP contribution in [0.5, 0.6) is 0 Å². The molecule has 0 aliphatic carbocycles. The number of halogens is 3. The van der Waals surface area contributed by atoms with Crippen molar-refractivity contribution in [1.82, 2.24) is 5.32 Å². The number of ether oxygens (including phenoxy) is 1. The summed E-state index contributed by atoms with van der Waals surface area (Å²) in [7, 11) is 1.12. The molecule has 0 spiro atoms. The van der Waals surface area contributed by atoms with E-state index in [1.807, 2.05) is 0 Å². The Labute approximate surface area is 136 Å². The zero-order valence-corrected chi connectivity index (χ0v) is 12.7. The average molecular weight is 337 g/mol. The number of amides is 1. The van der Waals surface area contributed by atoms with Gasteiger partial charge in [0.15, 0.2) is 0 Å². The summed E-state index contributed by atoms with van der Waals surface area (Å²) in [5.74, 6) is -4.08. The van der Waals surface area contributed by atoms with Crippen LogP contribution in [0.2, 0.25) is 0 Å². The van der Waals surface area contributed by atoms with Crippen molar-refractivity contribution in [2.75, 3.05) is 7.11 Å². The normalized spacial score (nSPS) is 11.7. The van der Waals surface area contributed by atoms with Crippen molar-refractivity contribution in [2.45, 2.75) is 12.5 Å². The highest BCUT2D eigenvalue weighted by Crippen LogP contribution is 2.12. The molecule has 2 rings (SSSR count). The maximum atomic E-state index is 13.7. The highest BCUT2D eigenvalue weighted by molar-refractivity contribution is 5.96. The largest absolute Gasteiger partial charge is 0.467 e. The van der Waals surface area contributed by atoms with Gasteiger partial charge in [0.1, 0.15) is 23.5 Å². The third-order valence-electron chi connectivity index (χ3n) is 3.30. The minimum Gasteiger partial charge on any atom is -0.467 e. The lowest BCUT2D eigenvalue weighted by Gasteiger charge is -2.17. The Hall–Kier alpha value is -2.83. The summed E-state index contributed by atoms with van der Waals surface area (Å²) in [6.45, 7) is 0. The summed E-state index contributed by atoms with van der Waals surface area (Å²) >= 11 is 0. The van der Waals surface area contributed by atoms with Crippen LogP contribution in [0.15, 0.2) is 42.5 Å². The second-order valence-electron chi connectivity index (χ2n) is 5.00. The Balaban J connectivity index is 2.21. The molecule has 7 heteroatoms. The first kappa shape index (κ1) is 17.5. The Kier molecular flexibility index (Phi) is 5.57. The summed E-state index contributed by atoms with van der Waals surface area (Å²) in [6.07, 6.45) is -0.164. The summed E-state index contributed by atoms with van der Waals surface area (Å²) in [6, 6.07) is 6.81. The molecule has 0 fully saturated rings. The number of methoxy groups -OCH3 is 1. The molecule has 1 N–H and O–H groups in total. The second-order valence-corrected chi connectivity index (χ2v) is 5.00. The van der Waals surface area contributed by atoms with Crippen LogP contribution in [0.4, 0.5) is 13.2 Å². The predicted molar refractivity (Wildman–Crippen MR) is 79.7 cm³/mol. The van der Waals surface area contributed by atoms with Crippen LogP contribution in [0, 0.1) is 17.5 Å². The number of rotatable bonds is 5. The van der Waals surface area contributed by atoms with Gasteiger partial charge in [-0.05, 0) is 23.8 Å². The number of nitrogens with one attached hydrogen (secondary N) is 1. The van der Waals surface area contributed by atoms with Gasteiger partial charge in [0.05, 0.1) is 7.11 Å². The molecule has 2 aromatic carbocycles. The van der Waals surface area contributed by atoms with Crippen LogP contribution in [-0.2, 0) is 16.0 Å². The quantitative estimate of drug-likeness (QED) is 0.854. The lowest BCUT2D eigenvalue weighted by Crippen LogP contribution is -2.43. The van der Waals surface area contributed by atoms with Gasteiger partial charge in [0.25, 0.3) is 5.91 Å². The summed E-state index contributed by atoms with van der Waals surface area (Å²) < 4.78 is 44.7. The van der Waals surface area contributed by atoms with E-state index in [1.165, 1.54) is 18.2 Å². The van der Waals surface area contributed by atoms with E-state index in [4.69, 9.17) is 0 Å². The van der Waals surface area contributed by atoms with Crippen molar-refractivity contribution >= 4 is 11.9 Å². The number of benzene rings is 2. The lowest BCUT2D eigenvalue weighted by molar-refractivity contribution is -0.142. The van der Waals surface area contributed by atoms with Crippen molar-refractivity contribution in [3.8, 4) is 0 Å². The van der Waals surface area contributed by atoms with Crippen molar-refractivity contribution < 1.29 is 27.5 Å². The van der Waals surface area contributed by atoms with Gasteiger partial charge >= 0.3 is 5.97 Å². The Morgan fingerprint density at radius 2 is 1.71 bits per heavy atom. The van der Waals surface area contributed by atoms with Crippen LogP contribution in [0.25, 0.3) is 0 Å². The van der Waals surface area contributed by atoms with Gasteiger partial charge in [-0.15, -0.1) is 0 Å². The first-order valence-corrected chi connectivity index (χ1v) is 6.99. The summed E-state index contributed by atoms with van der Waals surface area (Å²) in [4.78, 5) is 23.9. The van der Waals surface area contributed by atoms with Gasteiger partial charge in [-0.3, -0.25) is 4.79 Å². The molecule has 0 saturated heterocycles. The third-order valence-corrected chi connectivity index (χ3v) is 3.30. The smallest absolute Gasteiger partial charge is 0.328 e. The first-order chi connectivity index (χ1) is 11.4. The van der Waals surface area contributed by atoms with Crippen LogP contribution < -0.4 is 5.32 Å². The standard InChI is InChI=1S/C17H14F3NO3/c1-24-17(23)15(8-10-4-2-3-5-14(10)20)21-16(22)11-6-12(18)9-13(19)7-11/h2-7,9,15H,8H2,1H3,(H,21,22)/t15-/m1/s1. The number of carbonyl (C=O) groups excluding carboxylic acids is 2. The average Bonchev–Trinajstić information content (AvgIpc) is 2.54. The van der Waals surface area contributed by atoms with Crippen molar-refractivity contribution in [2.24, 2.45) is 0 Å². The predicted octanol–water partition coefficient (Wildman–Crippen LogP) is 2.62. The molecule has 4 nitrogen and oxygen atoms in total. The zero-order valence-electron chi connectivity index (χ0n) is 12.7. The van der Waals surface area contributed by atoms with Crippen LogP contribution >= 0.6 is 0 Å². The molecule has 0 aliphatic rings. The van der Waals surface area contributed by atoms with E-state index < -0.39 is 35.4 Å². The molecule has 1 amide bonds. The first-order valence-electron chi connectivity index (χ1n) is 6.99. The van der Waals surface area contributed by atoms with Gasteiger partial charge in [-0.1, -0.05) is 18.2 Å². The van der Waals surface area contributed by atoms with Crippen molar-refractivity contribution in [3.05, 3.63) is 71.0 Å². The van der Waals surface area contributed by atoms with Gasteiger partial charge in [-0.2, -0.15) is 0 Å². The molecule has 0 heterocycles. The summed E-state index contributed by atoms with van der Waals surface area (Å²) in [5, 5.41) is 2.30. The molecule has 24 heavy (non-hydrogen) atoms. The van der Waals surface area contributed by atoms with Crippen LogP contribution in [0.3, 0.4) is 0 Å². The molecule has 0 unspecified atom stereocenters. The number of carbonyl (C=O) groups is 2. The minimum absolute atomic E-state index is 0.164. The van der Waals surface area contributed by atoms with Crippen LogP contribution in [0.1, 0.15) is 15.9 Å². The van der Waals surface area contributed by atoms with Gasteiger partial charge in [-0.25, -0.2) is 18.0 Å². The molecule has 0 aliphatic heterocycles. The van der Waals surface area contributed by atoms with Gasteiger partial charge in [0, 0.05) is 18.1 Å². The van der Waals surface area contributed by atoms with E-state index >= 15 is 0 Å². The lowest BCUT2D eigenvalue weighted by atomic mass is 10.0. The fourth-order valence-electron chi connectivity index (χ4n) is 2.15. The van der Waals surface area contributed by atoms with E-state index in [-0.39, 0.29) is 17.5 Å². The van der Waals surface area contributed by atoms with Crippen molar-refractivity contribution in [3.63, 3.8) is 0 Å². The van der Waals surface area contributed by atoms with E-state index in [0.717, 1.165) is 19.2 Å². The van der Waals surface area contributed by atoms with Crippen LogP contribution in [-0.4, -0.2) is 25.0 Å². The molecular weight excluding hydrogens is 323 g/mol. The van der Waals surface area contributed by atoms with Crippen molar-refractivity contribution in [1.29, 1.82) is 0 Å². The van der Waals surface area contributed by atoms with E-state index in [1.54, 1.807) is 6.07 Å². The van der Waals surface area contributed by atoms with E-state index in [2.05, 4.69) is 10.1 Å². The molecule has 0 saturated carbocycles. The molecule has 2 aromatic rings. The zero-order chi connectivity index (χ0) is 17.7. The van der Waals surface area contributed by atoms with E-state index in [9.17, 15) is 22.8 Å². The topological polar surface area (TPSA) is 55.4 Å². The minimum atomic E-state index is -1.20. The monoisotopic (exact) mass is 337 g/mol. The maximum absolute atomic E-state index is 13.7. The fraction of sp³-hybridized carbons (Fsp3) is 0.176. The SMILES string of the molecule is COC(=O)[C@@H](Cc1ccccc1F)NC(=O)c1cc(F)cc(F)c1. The fourth-order valence-corrected chi connectivity index (χ4v) is 2.15. The number of hydrogen-bond donors (Lipinski definition) is 1.